The minimum absolute atomic E-state index is 0.0618. The van der Waals surface area contributed by atoms with Gasteiger partial charge < -0.3 is 0 Å². The Balaban J connectivity index is 1.52. The maximum atomic E-state index is 12.1. The molecule has 6 nitrogen and oxygen atoms in total. The van der Waals surface area contributed by atoms with Crippen LogP contribution in [-0.2, 0) is 6.54 Å². The van der Waals surface area contributed by atoms with Crippen LogP contribution in [0.2, 0.25) is 0 Å². The average molecular weight is 309 g/mol. The molecule has 0 spiro atoms. The lowest BCUT2D eigenvalue weighted by atomic mass is 9.94. The molecular weight excluding hydrogens is 290 g/mol. The molecule has 0 aromatic carbocycles. The Bertz CT molecular complexity index is 854. The van der Waals surface area contributed by atoms with Crippen molar-refractivity contribution in [1.82, 2.24) is 24.5 Å². The van der Waals surface area contributed by atoms with E-state index in [1.807, 2.05) is 24.4 Å². The van der Waals surface area contributed by atoms with E-state index in [9.17, 15) is 4.79 Å². The van der Waals surface area contributed by atoms with E-state index in [1.165, 1.54) is 10.9 Å². The minimum atomic E-state index is -0.0618. The largest absolute Gasteiger partial charge is 0.297 e. The normalized spacial score (nSPS) is 19.2. The molecule has 1 aliphatic heterocycles. The summed E-state index contributed by atoms with van der Waals surface area (Å²) in [6.07, 6.45) is 5.90. The molecule has 1 atom stereocenters. The number of likely N-dealkylation sites (tertiary alicyclic amines) is 1. The van der Waals surface area contributed by atoms with Gasteiger partial charge in [-0.3, -0.25) is 19.8 Å². The number of nitrogens with zero attached hydrogens (tertiary/aromatic N) is 4. The van der Waals surface area contributed by atoms with Crippen molar-refractivity contribution in [3.05, 3.63) is 64.5 Å². The number of H-pyrrole nitrogens is 1. The highest BCUT2D eigenvalue weighted by atomic mass is 16.1. The molecule has 0 aliphatic carbocycles. The predicted octanol–water partition coefficient (Wildman–Crippen LogP) is 1.80. The Kier molecular flexibility index (Phi) is 3.67. The highest BCUT2D eigenvalue weighted by molar-refractivity contribution is 5.36. The van der Waals surface area contributed by atoms with Crippen LogP contribution in [0.5, 0.6) is 0 Å². The maximum Gasteiger partial charge on any atom is 0.272 e. The van der Waals surface area contributed by atoms with Crippen molar-refractivity contribution < 1.29 is 0 Å². The Hall–Kier alpha value is -2.47. The molecule has 0 radical (unpaired) electrons. The SMILES string of the molecule is O=c1cc(CN2CCCC(c3ccccn3)C2)nc2cc[nH]n12. The molecule has 1 saturated heterocycles. The molecular formula is C17H19N5O. The Morgan fingerprint density at radius 1 is 1.30 bits per heavy atom. The van der Waals surface area contributed by atoms with Gasteiger partial charge >= 0.3 is 0 Å². The van der Waals surface area contributed by atoms with Crippen molar-refractivity contribution in [2.45, 2.75) is 25.3 Å². The van der Waals surface area contributed by atoms with Crippen LogP contribution in [0.4, 0.5) is 0 Å². The first kappa shape index (κ1) is 14.1. The van der Waals surface area contributed by atoms with Crippen LogP contribution in [0.1, 0.15) is 30.1 Å². The summed E-state index contributed by atoms with van der Waals surface area (Å²) >= 11 is 0. The highest BCUT2D eigenvalue weighted by Gasteiger charge is 2.22. The first-order valence-electron chi connectivity index (χ1n) is 7.99. The van der Waals surface area contributed by atoms with E-state index in [2.05, 4.69) is 26.0 Å². The Morgan fingerprint density at radius 2 is 2.26 bits per heavy atom. The summed E-state index contributed by atoms with van der Waals surface area (Å²) in [5, 5.41) is 2.87. The number of rotatable bonds is 3. The number of piperidine rings is 1. The van der Waals surface area contributed by atoms with Crippen molar-refractivity contribution in [2.24, 2.45) is 0 Å². The zero-order valence-corrected chi connectivity index (χ0v) is 12.9. The fraction of sp³-hybridized carbons (Fsp3) is 0.353. The standard InChI is InChI=1S/C17H19N5O/c23-17-10-14(20-16-6-8-19-22(16)17)12-21-9-3-4-13(11-21)15-5-1-2-7-18-15/h1-2,5-8,10,13,19H,3-4,9,11-12H2. The van der Waals surface area contributed by atoms with Gasteiger partial charge in [0, 0.05) is 49.2 Å². The molecule has 3 aromatic heterocycles. The van der Waals surface area contributed by atoms with Gasteiger partial charge in [-0.05, 0) is 31.5 Å². The highest BCUT2D eigenvalue weighted by Crippen LogP contribution is 2.25. The van der Waals surface area contributed by atoms with Crippen LogP contribution in [0.3, 0.4) is 0 Å². The van der Waals surface area contributed by atoms with Crippen LogP contribution in [0, 0.1) is 0 Å². The van der Waals surface area contributed by atoms with Crippen LogP contribution in [-0.4, -0.2) is 37.6 Å². The second-order valence-electron chi connectivity index (χ2n) is 6.07. The molecule has 4 rings (SSSR count). The lowest BCUT2D eigenvalue weighted by Gasteiger charge is -2.32. The van der Waals surface area contributed by atoms with Crippen LogP contribution in [0.25, 0.3) is 5.65 Å². The summed E-state index contributed by atoms with van der Waals surface area (Å²) in [4.78, 5) is 23.5. The third-order valence-corrected chi connectivity index (χ3v) is 4.43. The molecule has 118 valence electrons. The summed E-state index contributed by atoms with van der Waals surface area (Å²) < 4.78 is 1.45. The number of aromatic amines is 1. The van der Waals surface area contributed by atoms with Gasteiger partial charge in [0.2, 0.25) is 0 Å². The van der Waals surface area contributed by atoms with Crippen LogP contribution >= 0.6 is 0 Å². The molecule has 0 bridgehead atoms. The smallest absolute Gasteiger partial charge is 0.272 e. The third kappa shape index (κ3) is 2.90. The molecule has 4 heterocycles. The maximum absolute atomic E-state index is 12.1. The number of fused-ring (bicyclic) bond motifs is 1. The Labute approximate surface area is 133 Å². The lowest BCUT2D eigenvalue weighted by molar-refractivity contribution is 0.196. The van der Waals surface area contributed by atoms with Gasteiger partial charge in [0.15, 0.2) is 5.65 Å². The van der Waals surface area contributed by atoms with Crippen molar-refractivity contribution in [3.8, 4) is 0 Å². The summed E-state index contributed by atoms with van der Waals surface area (Å²) in [7, 11) is 0. The monoisotopic (exact) mass is 309 g/mol. The second kappa shape index (κ2) is 5.96. The van der Waals surface area contributed by atoms with Gasteiger partial charge in [0.25, 0.3) is 5.56 Å². The van der Waals surface area contributed by atoms with Gasteiger partial charge in [0.1, 0.15) is 0 Å². The van der Waals surface area contributed by atoms with Crippen LogP contribution in [0.15, 0.2) is 47.5 Å². The minimum Gasteiger partial charge on any atom is -0.297 e. The fourth-order valence-electron chi connectivity index (χ4n) is 3.35. The quantitative estimate of drug-likeness (QED) is 0.801. The molecule has 6 heteroatoms. The van der Waals surface area contributed by atoms with Gasteiger partial charge in [-0.15, -0.1) is 0 Å². The van der Waals surface area contributed by atoms with Crippen molar-refractivity contribution >= 4 is 5.65 Å². The van der Waals surface area contributed by atoms with Gasteiger partial charge in [-0.25, -0.2) is 9.50 Å². The van der Waals surface area contributed by atoms with Gasteiger partial charge in [-0.2, -0.15) is 0 Å². The second-order valence-corrected chi connectivity index (χ2v) is 6.07. The van der Waals surface area contributed by atoms with Crippen LogP contribution < -0.4 is 5.56 Å². The average Bonchev–Trinajstić information content (AvgIpc) is 3.05. The molecule has 1 N–H and O–H groups in total. The first-order chi connectivity index (χ1) is 11.3. The van der Waals surface area contributed by atoms with E-state index in [-0.39, 0.29) is 5.56 Å². The summed E-state index contributed by atoms with van der Waals surface area (Å²) in [5.41, 5.74) is 2.60. The molecule has 0 saturated carbocycles. The van der Waals surface area contributed by atoms with E-state index < -0.39 is 0 Å². The van der Waals surface area contributed by atoms with E-state index in [1.54, 1.807) is 12.3 Å². The number of hydrogen-bond acceptors (Lipinski definition) is 4. The number of pyridine rings is 1. The molecule has 1 fully saturated rings. The zero-order valence-electron chi connectivity index (χ0n) is 12.9. The summed E-state index contributed by atoms with van der Waals surface area (Å²) in [6.45, 7) is 2.71. The molecule has 1 unspecified atom stereocenters. The Morgan fingerprint density at radius 3 is 3.13 bits per heavy atom. The fourth-order valence-corrected chi connectivity index (χ4v) is 3.35. The molecule has 1 aliphatic rings. The van der Waals surface area contributed by atoms with Crippen molar-refractivity contribution in [3.63, 3.8) is 0 Å². The van der Waals surface area contributed by atoms with E-state index in [0.29, 0.717) is 18.1 Å². The van der Waals surface area contributed by atoms with Gasteiger partial charge in [0.05, 0.1) is 5.69 Å². The number of hydrogen-bond donors (Lipinski definition) is 1. The molecule has 23 heavy (non-hydrogen) atoms. The van der Waals surface area contributed by atoms with Gasteiger partial charge in [-0.1, -0.05) is 6.07 Å². The predicted molar refractivity (Wildman–Crippen MR) is 87.3 cm³/mol. The first-order valence-corrected chi connectivity index (χ1v) is 7.99. The lowest BCUT2D eigenvalue weighted by Crippen LogP contribution is -2.34. The van der Waals surface area contributed by atoms with E-state index >= 15 is 0 Å². The summed E-state index contributed by atoms with van der Waals surface area (Å²) in [6, 6.07) is 9.54. The van der Waals surface area contributed by atoms with E-state index in [0.717, 1.165) is 30.9 Å². The van der Waals surface area contributed by atoms with Crippen molar-refractivity contribution in [1.29, 1.82) is 0 Å². The number of aromatic nitrogens is 4. The third-order valence-electron chi connectivity index (χ3n) is 4.43. The molecule has 3 aromatic rings. The molecule has 0 amide bonds. The summed E-state index contributed by atoms with van der Waals surface area (Å²) in [5.74, 6) is 0.460. The zero-order chi connectivity index (χ0) is 15.6. The number of nitrogens with one attached hydrogen (secondary N) is 1. The van der Waals surface area contributed by atoms with Crippen molar-refractivity contribution in [2.75, 3.05) is 13.1 Å². The topological polar surface area (TPSA) is 66.3 Å². The van der Waals surface area contributed by atoms with E-state index in [4.69, 9.17) is 0 Å².